The third-order valence-corrected chi connectivity index (χ3v) is 2.91. The summed E-state index contributed by atoms with van der Waals surface area (Å²) in [6.07, 6.45) is 10.8. The maximum Gasteiger partial charge on any atom is 0.219 e. The van der Waals surface area contributed by atoms with E-state index in [2.05, 4.69) is 12.2 Å². The number of hydrogen-bond donors (Lipinski definition) is 2. The Morgan fingerprint density at radius 2 is 1.59 bits per heavy atom. The molecule has 0 aromatic rings. The van der Waals surface area contributed by atoms with Crippen LogP contribution in [0.2, 0.25) is 0 Å². The van der Waals surface area contributed by atoms with E-state index in [1.807, 2.05) is 0 Å². The van der Waals surface area contributed by atoms with E-state index in [9.17, 15) is 4.79 Å². The molecule has 0 aliphatic rings. The molecule has 0 saturated heterocycles. The second-order valence-corrected chi connectivity index (χ2v) is 4.65. The third kappa shape index (κ3) is 13.4. The molecule has 0 rings (SSSR count). The highest BCUT2D eigenvalue weighted by molar-refractivity contribution is 5.75. The molecule has 1 amide bonds. The number of rotatable bonds is 12. The minimum absolute atomic E-state index is 0.163. The van der Waals surface area contributed by atoms with Crippen LogP contribution in [-0.4, -0.2) is 24.2 Å². The van der Waals surface area contributed by atoms with Crippen molar-refractivity contribution in [2.24, 2.45) is 0 Å². The highest BCUT2D eigenvalue weighted by Crippen LogP contribution is 2.04. The van der Waals surface area contributed by atoms with Gasteiger partial charge >= 0.3 is 0 Å². The fourth-order valence-corrected chi connectivity index (χ4v) is 1.80. The fourth-order valence-electron chi connectivity index (χ4n) is 1.80. The zero-order valence-corrected chi connectivity index (χ0v) is 11.3. The lowest BCUT2D eigenvalue weighted by atomic mass is 10.1. The van der Waals surface area contributed by atoms with Crippen molar-refractivity contribution < 1.29 is 9.90 Å². The van der Waals surface area contributed by atoms with Gasteiger partial charge in [-0.3, -0.25) is 4.79 Å². The lowest BCUT2D eigenvalue weighted by Gasteiger charge is -2.05. The molecule has 17 heavy (non-hydrogen) atoms. The molecule has 0 aliphatic heterocycles. The van der Waals surface area contributed by atoms with Gasteiger partial charge in [0, 0.05) is 19.6 Å². The summed E-state index contributed by atoms with van der Waals surface area (Å²) in [6.45, 7) is 3.28. The van der Waals surface area contributed by atoms with Gasteiger partial charge in [-0.25, -0.2) is 0 Å². The van der Waals surface area contributed by atoms with Gasteiger partial charge in [0.15, 0.2) is 0 Å². The average Bonchev–Trinajstić information content (AvgIpc) is 2.33. The normalized spacial score (nSPS) is 10.5. The van der Waals surface area contributed by atoms with Gasteiger partial charge in [0.25, 0.3) is 0 Å². The molecular formula is C14H29NO2. The monoisotopic (exact) mass is 243 g/mol. The number of aliphatic hydroxyl groups excluding tert-OH is 1. The van der Waals surface area contributed by atoms with Gasteiger partial charge < -0.3 is 10.4 Å². The summed E-state index contributed by atoms with van der Waals surface area (Å²) in [4.78, 5) is 11.4. The molecule has 0 aliphatic carbocycles. The highest BCUT2D eigenvalue weighted by Gasteiger charge is 1.99. The van der Waals surface area contributed by atoms with Crippen molar-refractivity contribution in [2.45, 2.75) is 71.1 Å². The van der Waals surface area contributed by atoms with E-state index in [-0.39, 0.29) is 12.5 Å². The first kappa shape index (κ1) is 16.4. The molecule has 102 valence electrons. The SMILES string of the molecule is CCCCCCCCNC(=O)CCCCCO. The second-order valence-electron chi connectivity index (χ2n) is 4.65. The summed E-state index contributed by atoms with van der Waals surface area (Å²) >= 11 is 0. The van der Waals surface area contributed by atoms with Crippen molar-refractivity contribution in [1.29, 1.82) is 0 Å². The van der Waals surface area contributed by atoms with E-state index in [0.717, 1.165) is 32.2 Å². The number of carbonyl (C=O) groups is 1. The summed E-state index contributed by atoms with van der Waals surface area (Å²) < 4.78 is 0. The minimum Gasteiger partial charge on any atom is -0.396 e. The van der Waals surface area contributed by atoms with Gasteiger partial charge in [0.1, 0.15) is 0 Å². The quantitative estimate of drug-likeness (QED) is 0.518. The zero-order chi connectivity index (χ0) is 12.8. The van der Waals surface area contributed by atoms with Crippen LogP contribution in [0.1, 0.15) is 71.1 Å². The minimum atomic E-state index is 0.163. The van der Waals surface area contributed by atoms with Gasteiger partial charge in [0.05, 0.1) is 0 Å². The Morgan fingerprint density at radius 1 is 0.941 bits per heavy atom. The van der Waals surface area contributed by atoms with Crippen LogP contribution in [0.15, 0.2) is 0 Å². The summed E-state index contributed by atoms with van der Waals surface area (Å²) in [6, 6.07) is 0. The van der Waals surface area contributed by atoms with E-state index in [1.54, 1.807) is 0 Å². The lowest BCUT2D eigenvalue weighted by Crippen LogP contribution is -2.23. The number of unbranched alkanes of at least 4 members (excludes halogenated alkanes) is 7. The van der Waals surface area contributed by atoms with Gasteiger partial charge in [-0.05, 0) is 19.3 Å². The van der Waals surface area contributed by atoms with Crippen LogP contribution in [0.3, 0.4) is 0 Å². The third-order valence-electron chi connectivity index (χ3n) is 2.91. The second kappa shape index (κ2) is 13.5. The van der Waals surface area contributed by atoms with Crippen LogP contribution in [-0.2, 0) is 4.79 Å². The van der Waals surface area contributed by atoms with Crippen molar-refractivity contribution in [3.63, 3.8) is 0 Å². The van der Waals surface area contributed by atoms with Gasteiger partial charge in [-0.2, -0.15) is 0 Å². The maximum absolute atomic E-state index is 11.4. The van der Waals surface area contributed by atoms with Gasteiger partial charge in [-0.1, -0.05) is 45.4 Å². The predicted molar refractivity (Wildman–Crippen MR) is 71.9 cm³/mol. The van der Waals surface area contributed by atoms with Crippen molar-refractivity contribution in [3.8, 4) is 0 Å². The fraction of sp³-hybridized carbons (Fsp3) is 0.929. The molecule has 0 aromatic carbocycles. The van der Waals surface area contributed by atoms with Crippen LogP contribution in [0, 0.1) is 0 Å². The van der Waals surface area contributed by atoms with E-state index >= 15 is 0 Å². The first-order valence-corrected chi connectivity index (χ1v) is 7.18. The summed E-state index contributed by atoms with van der Waals surface area (Å²) in [5, 5.41) is 11.5. The molecule has 0 bridgehead atoms. The lowest BCUT2D eigenvalue weighted by molar-refractivity contribution is -0.121. The molecule has 0 atom stereocenters. The average molecular weight is 243 g/mol. The Hall–Kier alpha value is -0.570. The first-order valence-electron chi connectivity index (χ1n) is 7.18. The molecule has 2 N–H and O–H groups in total. The van der Waals surface area contributed by atoms with E-state index < -0.39 is 0 Å². The number of aliphatic hydroxyl groups is 1. The van der Waals surface area contributed by atoms with Crippen molar-refractivity contribution in [1.82, 2.24) is 5.32 Å². The number of carbonyl (C=O) groups excluding carboxylic acids is 1. The topological polar surface area (TPSA) is 49.3 Å². The molecule has 0 unspecified atom stereocenters. The standard InChI is InChI=1S/C14H29NO2/c1-2-3-4-5-6-9-12-15-14(17)11-8-7-10-13-16/h16H,2-13H2,1H3,(H,15,17). The molecule has 0 radical (unpaired) electrons. The van der Waals surface area contributed by atoms with Crippen LogP contribution < -0.4 is 5.32 Å². The zero-order valence-electron chi connectivity index (χ0n) is 11.3. The molecule has 0 fully saturated rings. The Bertz CT molecular complexity index is 172. The predicted octanol–water partition coefficient (Wildman–Crippen LogP) is 3.02. The molecule has 0 aromatic heterocycles. The number of nitrogens with one attached hydrogen (secondary N) is 1. The number of amides is 1. The van der Waals surface area contributed by atoms with Gasteiger partial charge in [0.2, 0.25) is 5.91 Å². The van der Waals surface area contributed by atoms with Gasteiger partial charge in [-0.15, -0.1) is 0 Å². The smallest absolute Gasteiger partial charge is 0.219 e. The molecule has 0 spiro atoms. The summed E-state index contributed by atoms with van der Waals surface area (Å²) in [5.41, 5.74) is 0. The Labute approximate surface area is 106 Å². The Morgan fingerprint density at radius 3 is 2.29 bits per heavy atom. The molecule has 0 heterocycles. The van der Waals surface area contributed by atoms with Crippen LogP contribution in [0.25, 0.3) is 0 Å². The largest absolute Gasteiger partial charge is 0.396 e. The molecule has 3 nitrogen and oxygen atoms in total. The van der Waals surface area contributed by atoms with Crippen LogP contribution >= 0.6 is 0 Å². The Balaban J connectivity index is 3.11. The summed E-state index contributed by atoms with van der Waals surface area (Å²) in [5.74, 6) is 0.163. The van der Waals surface area contributed by atoms with Crippen LogP contribution in [0.4, 0.5) is 0 Å². The van der Waals surface area contributed by atoms with E-state index in [0.29, 0.717) is 6.42 Å². The highest BCUT2D eigenvalue weighted by atomic mass is 16.2. The summed E-state index contributed by atoms with van der Waals surface area (Å²) in [7, 11) is 0. The van der Waals surface area contributed by atoms with E-state index in [4.69, 9.17) is 5.11 Å². The first-order chi connectivity index (χ1) is 8.31. The molecule has 3 heteroatoms. The molecular weight excluding hydrogens is 214 g/mol. The molecule has 0 saturated carbocycles. The Kier molecular flexibility index (Phi) is 13.0. The number of hydrogen-bond acceptors (Lipinski definition) is 2. The van der Waals surface area contributed by atoms with Crippen molar-refractivity contribution in [3.05, 3.63) is 0 Å². The van der Waals surface area contributed by atoms with Crippen molar-refractivity contribution >= 4 is 5.91 Å². The van der Waals surface area contributed by atoms with E-state index in [1.165, 1.54) is 32.1 Å². The maximum atomic E-state index is 11.4. The van der Waals surface area contributed by atoms with Crippen molar-refractivity contribution in [2.75, 3.05) is 13.2 Å². The van der Waals surface area contributed by atoms with Crippen LogP contribution in [0.5, 0.6) is 0 Å².